The number of hydrogen-bond acceptors (Lipinski definition) is 6. The highest BCUT2D eigenvalue weighted by atomic mass is 16.2. The molecule has 3 aliphatic rings. The number of imide groups is 1. The SMILES string of the molecule is Cn1nccc1C1(NCc2cccc3c2C(=O)N(C2CCC(=O)NC2=O)C3)CNC1. The molecule has 9 nitrogen and oxygen atoms in total. The fraction of sp³-hybridized carbons (Fsp3) is 0.429. The first kappa shape index (κ1) is 19.0. The second kappa shape index (κ2) is 7.03. The first-order chi connectivity index (χ1) is 14.5. The van der Waals surface area contributed by atoms with E-state index in [0.29, 0.717) is 25.1 Å². The molecule has 9 heteroatoms. The topological polar surface area (TPSA) is 108 Å². The zero-order chi connectivity index (χ0) is 20.9. The highest BCUT2D eigenvalue weighted by molar-refractivity contribution is 6.06. The van der Waals surface area contributed by atoms with Crippen molar-refractivity contribution in [2.75, 3.05) is 13.1 Å². The summed E-state index contributed by atoms with van der Waals surface area (Å²) >= 11 is 0. The van der Waals surface area contributed by atoms with Crippen molar-refractivity contribution >= 4 is 17.7 Å². The Morgan fingerprint density at radius 3 is 2.73 bits per heavy atom. The van der Waals surface area contributed by atoms with Crippen LogP contribution >= 0.6 is 0 Å². The van der Waals surface area contributed by atoms with Gasteiger partial charge in [-0.1, -0.05) is 18.2 Å². The van der Waals surface area contributed by atoms with E-state index in [1.807, 2.05) is 36.0 Å². The van der Waals surface area contributed by atoms with Gasteiger partial charge in [0, 0.05) is 51.4 Å². The Morgan fingerprint density at radius 2 is 2.07 bits per heavy atom. The van der Waals surface area contributed by atoms with Crippen LogP contribution in [0.15, 0.2) is 30.5 Å². The van der Waals surface area contributed by atoms with Gasteiger partial charge < -0.3 is 10.2 Å². The average molecular weight is 408 g/mol. The smallest absolute Gasteiger partial charge is 0.255 e. The van der Waals surface area contributed by atoms with Gasteiger partial charge in [0.15, 0.2) is 0 Å². The van der Waals surface area contributed by atoms with Crippen molar-refractivity contribution < 1.29 is 14.4 Å². The number of fused-ring (bicyclic) bond motifs is 1. The fourth-order valence-electron chi connectivity index (χ4n) is 4.72. The van der Waals surface area contributed by atoms with E-state index in [-0.39, 0.29) is 29.7 Å². The summed E-state index contributed by atoms with van der Waals surface area (Å²) in [6, 6.07) is 7.26. The summed E-state index contributed by atoms with van der Waals surface area (Å²) < 4.78 is 1.87. The summed E-state index contributed by atoms with van der Waals surface area (Å²) in [5.41, 5.74) is 3.39. The van der Waals surface area contributed by atoms with Crippen LogP contribution in [-0.2, 0) is 35.3 Å². The van der Waals surface area contributed by atoms with Crippen molar-refractivity contribution in [1.29, 1.82) is 0 Å². The zero-order valence-corrected chi connectivity index (χ0v) is 16.8. The largest absolute Gasteiger partial charge is 0.322 e. The molecule has 30 heavy (non-hydrogen) atoms. The van der Waals surface area contributed by atoms with Crippen LogP contribution in [0.4, 0.5) is 0 Å². The Hall–Kier alpha value is -3.04. The van der Waals surface area contributed by atoms with Crippen molar-refractivity contribution in [2.24, 2.45) is 7.05 Å². The molecular weight excluding hydrogens is 384 g/mol. The van der Waals surface area contributed by atoms with Gasteiger partial charge >= 0.3 is 0 Å². The maximum absolute atomic E-state index is 13.2. The lowest BCUT2D eigenvalue weighted by molar-refractivity contribution is -0.136. The lowest BCUT2D eigenvalue weighted by Crippen LogP contribution is -2.65. The summed E-state index contributed by atoms with van der Waals surface area (Å²) in [4.78, 5) is 38.6. The number of carbonyl (C=O) groups is 3. The highest BCUT2D eigenvalue weighted by Gasteiger charge is 2.42. The van der Waals surface area contributed by atoms with E-state index < -0.39 is 6.04 Å². The summed E-state index contributed by atoms with van der Waals surface area (Å²) in [6.07, 6.45) is 2.41. The molecule has 0 radical (unpaired) electrons. The summed E-state index contributed by atoms with van der Waals surface area (Å²) in [6.45, 7) is 2.50. The quantitative estimate of drug-likeness (QED) is 0.590. The van der Waals surface area contributed by atoms with E-state index in [1.165, 1.54) is 0 Å². The molecule has 0 aliphatic carbocycles. The Bertz CT molecular complexity index is 1040. The molecule has 0 spiro atoms. The number of aromatic nitrogens is 2. The van der Waals surface area contributed by atoms with Gasteiger partial charge in [-0.2, -0.15) is 5.10 Å². The second-order valence-electron chi connectivity index (χ2n) is 8.23. The van der Waals surface area contributed by atoms with E-state index in [9.17, 15) is 14.4 Å². The second-order valence-corrected chi connectivity index (χ2v) is 8.23. The third-order valence-electron chi connectivity index (χ3n) is 6.42. The van der Waals surface area contributed by atoms with Gasteiger partial charge in [0.2, 0.25) is 11.8 Å². The van der Waals surface area contributed by atoms with Crippen LogP contribution in [0, 0.1) is 0 Å². The van der Waals surface area contributed by atoms with Crippen LogP contribution < -0.4 is 16.0 Å². The molecule has 1 atom stereocenters. The molecule has 3 N–H and O–H groups in total. The number of benzene rings is 1. The first-order valence-corrected chi connectivity index (χ1v) is 10.2. The van der Waals surface area contributed by atoms with Gasteiger partial charge in [0.25, 0.3) is 5.91 Å². The van der Waals surface area contributed by atoms with E-state index in [0.717, 1.165) is 29.9 Å². The minimum Gasteiger partial charge on any atom is -0.322 e. The minimum atomic E-state index is -0.597. The summed E-state index contributed by atoms with van der Waals surface area (Å²) in [7, 11) is 1.93. The van der Waals surface area contributed by atoms with Crippen molar-refractivity contribution in [2.45, 2.75) is 37.5 Å². The molecule has 1 unspecified atom stereocenters. The lowest BCUT2D eigenvalue weighted by Gasteiger charge is -2.43. The Kier molecular flexibility index (Phi) is 4.44. The van der Waals surface area contributed by atoms with Gasteiger partial charge in [-0.05, 0) is 23.6 Å². The molecule has 0 bridgehead atoms. The van der Waals surface area contributed by atoms with Crippen LogP contribution in [0.1, 0.15) is 40.0 Å². The van der Waals surface area contributed by atoms with Crippen LogP contribution in [0.3, 0.4) is 0 Å². The predicted octanol–water partition coefficient (Wildman–Crippen LogP) is -0.231. The fourth-order valence-corrected chi connectivity index (χ4v) is 4.72. The van der Waals surface area contributed by atoms with Gasteiger partial charge in [0.05, 0.1) is 11.2 Å². The van der Waals surface area contributed by atoms with Crippen molar-refractivity contribution in [3.63, 3.8) is 0 Å². The third-order valence-corrected chi connectivity index (χ3v) is 6.42. The monoisotopic (exact) mass is 408 g/mol. The average Bonchev–Trinajstić information content (AvgIpc) is 3.26. The van der Waals surface area contributed by atoms with Gasteiger partial charge in [0.1, 0.15) is 6.04 Å². The number of nitrogens with zero attached hydrogens (tertiary/aromatic N) is 3. The maximum Gasteiger partial charge on any atom is 0.255 e. The van der Waals surface area contributed by atoms with Gasteiger partial charge in [-0.25, -0.2) is 0 Å². The molecule has 0 saturated carbocycles. The number of amides is 3. The number of nitrogens with one attached hydrogen (secondary N) is 3. The van der Waals surface area contributed by atoms with Crippen molar-refractivity contribution in [1.82, 2.24) is 30.6 Å². The van der Waals surface area contributed by atoms with E-state index in [4.69, 9.17) is 0 Å². The summed E-state index contributed by atoms with van der Waals surface area (Å²) in [5, 5.41) is 13.6. The summed E-state index contributed by atoms with van der Waals surface area (Å²) in [5.74, 6) is -0.805. The number of hydrogen-bond donors (Lipinski definition) is 3. The molecule has 3 aliphatic heterocycles. The van der Waals surface area contributed by atoms with Crippen LogP contribution in [0.5, 0.6) is 0 Å². The number of rotatable bonds is 5. The standard InChI is InChI=1S/C21H24N6O3/c1-26-16(7-8-24-26)21(11-22-12-21)23-9-13-3-2-4-14-10-27(20(30)18(13)14)15-5-6-17(28)25-19(15)29/h2-4,7-8,15,22-23H,5-6,9-12H2,1H3,(H,25,28,29). The van der Waals surface area contributed by atoms with Crippen LogP contribution in [0.25, 0.3) is 0 Å². The molecule has 2 saturated heterocycles. The van der Waals surface area contributed by atoms with E-state index in [2.05, 4.69) is 21.0 Å². The predicted molar refractivity (Wildman–Crippen MR) is 107 cm³/mol. The van der Waals surface area contributed by atoms with Crippen molar-refractivity contribution in [3.05, 3.63) is 52.8 Å². The highest BCUT2D eigenvalue weighted by Crippen LogP contribution is 2.31. The molecule has 156 valence electrons. The van der Waals surface area contributed by atoms with Crippen LogP contribution in [0.2, 0.25) is 0 Å². The molecule has 1 aromatic carbocycles. The normalized spacial score (nSPS) is 22.6. The Morgan fingerprint density at radius 1 is 1.23 bits per heavy atom. The van der Waals surface area contributed by atoms with Gasteiger partial charge in [-0.15, -0.1) is 0 Å². The van der Waals surface area contributed by atoms with E-state index >= 15 is 0 Å². The number of piperidine rings is 1. The minimum absolute atomic E-state index is 0.141. The molecule has 2 fully saturated rings. The number of aryl methyl sites for hydroxylation is 1. The molecular formula is C21H24N6O3. The Labute approximate surface area is 173 Å². The molecule has 1 aromatic heterocycles. The van der Waals surface area contributed by atoms with Crippen molar-refractivity contribution in [3.8, 4) is 0 Å². The number of carbonyl (C=O) groups excluding carboxylic acids is 3. The first-order valence-electron chi connectivity index (χ1n) is 10.2. The molecule has 4 heterocycles. The molecule has 2 aromatic rings. The molecule has 5 rings (SSSR count). The zero-order valence-electron chi connectivity index (χ0n) is 16.8. The lowest BCUT2D eigenvalue weighted by atomic mass is 9.87. The maximum atomic E-state index is 13.2. The van der Waals surface area contributed by atoms with E-state index in [1.54, 1.807) is 11.1 Å². The Balaban J connectivity index is 1.37. The molecule has 3 amide bonds. The van der Waals surface area contributed by atoms with Gasteiger partial charge in [-0.3, -0.25) is 29.7 Å². The van der Waals surface area contributed by atoms with Crippen LogP contribution in [-0.4, -0.2) is 51.5 Å². The third kappa shape index (κ3) is 2.93.